The third-order valence-corrected chi connectivity index (χ3v) is 6.39. The van der Waals surface area contributed by atoms with Crippen molar-refractivity contribution in [2.75, 3.05) is 20.2 Å². The van der Waals surface area contributed by atoms with Crippen LogP contribution >= 0.6 is 0 Å². The summed E-state index contributed by atoms with van der Waals surface area (Å²) in [6.07, 6.45) is 3.61. The zero-order chi connectivity index (χ0) is 18.6. The highest BCUT2D eigenvalue weighted by Crippen LogP contribution is 2.23. The number of para-hydroxylation sites is 1. The number of H-pyrrole nitrogens is 1. The molecule has 1 amide bonds. The molecular weight excluding hydrogens is 356 g/mol. The molecule has 0 saturated carbocycles. The molecule has 1 fully saturated rings. The van der Waals surface area contributed by atoms with Gasteiger partial charge in [0.05, 0.1) is 19.6 Å². The maximum atomic E-state index is 12.4. The second-order valence-corrected chi connectivity index (χ2v) is 8.03. The number of piperidine rings is 1. The number of aromatic amines is 1. The Morgan fingerprint density at radius 2 is 2.08 bits per heavy atom. The SMILES string of the molecule is COc1ccccc1CNC(=O)C1CCN(S(=O)(=O)c2cnc[nH]2)CC1. The number of carbonyl (C=O) groups excluding carboxylic acids is 1. The van der Waals surface area contributed by atoms with E-state index in [0.29, 0.717) is 32.5 Å². The van der Waals surface area contributed by atoms with Gasteiger partial charge >= 0.3 is 0 Å². The van der Waals surface area contributed by atoms with E-state index in [2.05, 4.69) is 15.3 Å². The first-order valence-electron chi connectivity index (χ1n) is 8.40. The molecule has 2 heterocycles. The van der Waals surface area contributed by atoms with Crippen molar-refractivity contribution in [1.29, 1.82) is 0 Å². The van der Waals surface area contributed by atoms with Crippen molar-refractivity contribution in [3.05, 3.63) is 42.4 Å². The summed E-state index contributed by atoms with van der Waals surface area (Å²) in [5, 5.41) is 3.00. The Morgan fingerprint density at radius 3 is 2.73 bits per heavy atom. The van der Waals surface area contributed by atoms with Gasteiger partial charge in [-0.2, -0.15) is 4.31 Å². The number of nitrogens with one attached hydrogen (secondary N) is 2. The molecule has 2 N–H and O–H groups in total. The van der Waals surface area contributed by atoms with Crippen molar-refractivity contribution in [3.63, 3.8) is 0 Å². The predicted octanol–water partition coefficient (Wildman–Crippen LogP) is 1.14. The highest BCUT2D eigenvalue weighted by atomic mass is 32.2. The van der Waals surface area contributed by atoms with E-state index in [1.54, 1.807) is 7.11 Å². The number of nitrogens with zero attached hydrogens (tertiary/aromatic N) is 2. The summed E-state index contributed by atoms with van der Waals surface area (Å²) in [6.45, 7) is 1.01. The van der Waals surface area contributed by atoms with Crippen molar-refractivity contribution in [2.24, 2.45) is 5.92 Å². The topological polar surface area (TPSA) is 104 Å². The molecule has 0 radical (unpaired) electrons. The molecule has 1 aromatic carbocycles. The van der Waals surface area contributed by atoms with E-state index in [0.717, 1.165) is 11.3 Å². The van der Waals surface area contributed by atoms with Gasteiger partial charge in [-0.25, -0.2) is 13.4 Å². The van der Waals surface area contributed by atoms with E-state index in [1.165, 1.54) is 16.8 Å². The average molecular weight is 378 g/mol. The number of amides is 1. The first-order chi connectivity index (χ1) is 12.5. The second-order valence-electron chi connectivity index (χ2n) is 6.12. The smallest absolute Gasteiger partial charge is 0.260 e. The molecule has 0 aliphatic carbocycles. The molecule has 1 aliphatic rings. The fraction of sp³-hybridized carbons (Fsp3) is 0.412. The van der Waals surface area contributed by atoms with Gasteiger partial charge in [0.15, 0.2) is 5.03 Å². The van der Waals surface area contributed by atoms with Gasteiger partial charge in [-0.05, 0) is 18.9 Å². The van der Waals surface area contributed by atoms with Crippen LogP contribution in [0.2, 0.25) is 0 Å². The standard InChI is InChI=1S/C17H22N4O4S/c1-25-15-5-3-2-4-14(15)10-19-17(22)13-6-8-21(9-7-13)26(23,24)16-11-18-12-20-16/h2-5,11-13H,6-10H2,1H3,(H,18,20)(H,19,22). The Balaban J connectivity index is 1.54. The summed E-state index contributed by atoms with van der Waals surface area (Å²) in [5.74, 6) is 0.473. The van der Waals surface area contributed by atoms with Gasteiger partial charge in [0, 0.05) is 31.1 Å². The van der Waals surface area contributed by atoms with E-state index in [4.69, 9.17) is 4.74 Å². The molecule has 1 saturated heterocycles. The number of rotatable bonds is 6. The van der Waals surface area contributed by atoms with Crippen LogP contribution in [0.1, 0.15) is 18.4 Å². The van der Waals surface area contributed by atoms with Crippen LogP contribution in [0, 0.1) is 5.92 Å². The number of carbonyl (C=O) groups is 1. The van der Waals surface area contributed by atoms with Gasteiger partial charge in [0.2, 0.25) is 5.91 Å². The minimum absolute atomic E-state index is 0.0607. The molecule has 2 aromatic rings. The molecule has 1 aromatic heterocycles. The number of ether oxygens (including phenoxy) is 1. The minimum atomic E-state index is -3.57. The monoisotopic (exact) mass is 378 g/mol. The van der Waals surface area contributed by atoms with Crippen LogP contribution in [-0.4, -0.2) is 48.8 Å². The lowest BCUT2D eigenvalue weighted by atomic mass is 9.97. The quantitative estimate of drug-likeness (QED) is 0.784. The highest BCUT2D eigenvalue weighted by Gasteiger charge is 2.32. The Bertz CT molecular complexity index is 843. The van der Waals surface area contributed by atoms with Gasteiger partial charge in [-0.3, -0.25) is 4.79 Å². The van der Waals surface area contributed by atoms with Crippen LogP contribution < -0.4 is 10.1 Å². The van der Waals surface area contributed by atoms with Crippen LogP contribution in [0.5, 0.6) is 5.75 Å². The fourth-order valence-corrected chi connectivity index (χ4v) is 4.42. The van der Waals surface area contributed by atoms with E-state index >= 15 is 0 Å². The Hall–Kier alpha value is -2.39. The molecule has 140 valence electrons. The maximum Gasteiger partial charge on any atom is 0.260 e. The minimum Gasteiger partial charge on any atom is -0.496 e. The van der Waals surface area contributed by atoms with E-state index < -0.39 is 10.0 Å². The number of benzene rings is 1. The lowest BCUT2D eigenvalue weighted by molar-refractivity contribution is -0.126. The van der Waals surface area contributed by atoms with Crippen LogP contribution in [0.4, 0.5) is 0 Å². The molecule has 0 spiro atoms. The number of aromatic nitrogens is 2. The summed E-state index contributed by atoms with van der Waals surface area (Å²) >= 11 is 0. The molecular formula is C17H22N4O4S. The zero-order valence-electron chi connectivity index (χ0n) is 14.5. The third kappa shape index (κ3) is 3.88. The molecule has 9 heteroatoms. The lowest BCUT2D eigenvalue weighted by Crippen LogP contribution is -2.42. The number of imidazole rings is 1. The number of hydrogen-bond acceptors (Lipinski definition) is 5. The number of sulfonamides is 1. The summed E-state index contributed by atoms with van der Waals surface area (Å²) < 4.78 is 31.6. The molecule has 0 unspecified atom stereocenters. The van der Waals surface area contributed by atoms with Crippen LogP contribution in [0.25, 0.3) is 0 Å². The largest absolute Gasteiger partial charge is 0.496 e. The molecule has 26 heavy (non-hydrogen) atoms. The van der Waals surface area contributed by atoms with Gasteiger partial charge in [-0.15, -0.1) is 0 Å². The fourth-order valence-electron chi connectivity index (χ4n) is 3.06. The first kappa shape index (κ1) is 18.4. The summed E-state index contributed by atoms with van der Waals surface area (Å²) in [6, 6.07) is 7.52. The van der Waals surface area contributed by atoms with Gasteiger partial charge < -0.3 is 15.0 Å². The van der Waals surface area contributed by atoms with E-state index in [1.807, 2.05) is 24.3 Å². The van der Waals surface area contributed by atoms with Crippen molar-refractivity contribution < 1.29 is 17.9 Å². The van der Waals surface area contributed by atoms with E-state index in [-0.39, 0.29) is 16.9 Å². The predicted molar refractivity (Wildman–Crippen MR) is 94.9 cm³/mol. The number of methoxy groups -OCH3 is 1. The van der Waals surface area contributed by atoms with Gasteiger partial charge in [0.1, 0.15) is 5.75 Å². The lowest BCUT2D eigenvalue weighted by Gasteiger charge is -2.30. The molecule has 8 nitrogen and oxygen atoms in total. The summed E-state index contributed by atoms with van der Waals surface area (Å²) in [7, 11) is -1.97. The normalized spacial score (nSPS) is 16.3. The van der Waals surface area contributed by atoms with Crippen LogP contribution in [0.15, 0.2) is 41.8 Å². The number of hydrogen-bond donors (Lipinski definition) is 2. The first-order valence-corrected chi connectivity index (χ1v) is 9.84. The zero-order valence-corrected chi connectivity index (χ0v) is 15.3. The summed E-state index contributed by atoms with van der Waals surface area (Å²) in [5.41, 5.74) is 0.905. The second kappa shape index (κ2) is 7.88. The van der Waals surface area contributed by atoms with Crippen molar-refractivity contribution in [1.82, 2.24) is 19.6 Å². The molecule has 1 aliphatic heterocycles. The molecule has 0 bridgehead atoms. The molecule has 0 atom stereocenters. The Morgan fingerprint density at radius 1 is 1.35 bits per heavy atom. The van der Waals surface area contributed by atoms with Crippen molar-refractivity contribution >= 4 is 15.9 Å². The summed E-state index contributed by atoms with van der Waals surface area (Å²) in [4.78, 5) is 18.8. The van der Waals surface area contributed by atoms with Crippen molar-refractivity contribution in [2.45, 2.75) is 24.4 Å². The van der Waals surface area contributed by atoms with Crippen LogP contribution in [0.3, 0.4) is 0 Å². The maximum absolute atomic E-state index is 12.4. The van der Waals surface area contributed by atoms with Crippen molar-refractivity contribution in [3.8, 4) is 5.75 Å². The highest BCUT2D eigenvalue weighted by molar-refractivity contribution is 7.89. The Kier molecular flexibility index (Phi) is 5.58. The van der Waals surface area contributed by atoms with Crippen LogP contribution in [-0.2, 0) is 21.4 Å². The van der Waals surface area contributed by atoms with Gasteiger partial charge in [0.25, 0.3) is 10.0 Å². The van der Waals surface area contributed by atoms with E-state index in [9.17, 15) is 13.2 Å². The third-order valence-electron chi connectivity index (χ3n) is 4.56. The molecule has 3 rings (SSSR count). The van der Waals surface area contributed by atoms with Gasteiger partial charge in [-0.1, -0.05) is 18.2 Å². The average Bonchev–Trinajstić information content (AvgIpc) is 3.22. The Labute approximate surface area is 152 Å².